The fraction of sp³-hybridized carbons (Fsp3) is 0.100. The Morgan fingerprint density at radius 2 is 1.48 bits per heavy atom. The molecule has 0 unspecified atom stereocenters. The minimum absolute atomic E-state index is 0.252. The number of anilines is 1. The first-order valence-electron chi connectivity index (χ1n) is 7.95. The quantitative estimate of drug-likeness (QED) is 0.714. The van der Waals surface area contributed by atoms with Crippen molar-refractivity contribution in [2.24, 2.45) is 0 Å². The van der Waals surface area contributed by atoms with E-state index in [1.165, 1.54) is 4.31 Å². The van der Waals surface area contributed by atoms with Gasteiger partial charge in [-0.25, -0.2) is 8.42 Å². The molecular weight excluding hydrogens is 334 g/mol. The molecule has 4 nitrogen and oxygen atoms in total. The van der Waals surface area contributed by atoms with Gasteiger partial charge < -0.3 is 4.74 Å². The summed E-state index contributed by atoms with van der Waals surface area (Å²) in [4.78, 5) is 0.252. The molecule has 0 atom stereocenters. The van der Waals surface area contributed by atoms with Crippen molar-refractivity contribution in [1.82, 2.24) is 0 Å². The lowest BCUT2D eigenvalue weighted by atomic mass is 9.95. The molecule has 126 valence electrons. The van der Waals surface area contributed by atoms with Crippen LogP contribution in [0.5, 0.6) is 5.75 Å². The molecule has 0 aliphatic carbocycles. The Morgan fingerprint density at radius 1 is 0.840 bits per heavy atom. The molecule has 5 heteroatoms. The lowest BCUT2D eigenvalue weighted by molar-refractivity contribution is 0.414. The summed E-state index contributed by atoms with van der Waals surface area (Å²) < 4.78 is 33.1. The molecular formula is C20H17NO3S. The smallest absolute Gasteiger partial charge is 0.264 e. The molecule has 1 aliphatic heterocycles. The molecule has 0 N–H and O–H groups in total. The number of hydrogen-bond acceptors (Lipinski definition) is 3. The van der Waals surface area contributed by atoms with E-state index in [0.29, 0.717) is 18.0 Å². The zero-order valence-corrected chi connectivity index (χ0v) is 14.5. The van der Waals surface area contributed by atoms with Gasteiger partial charge in [0.25, 0.3) is 10.0 Å². The summed E-state index contributed by atoms with van der Waals surface area (Å²) in [6, 6.07) is 22.0. The number of para-hydroxylation sites is 1. The van der Waals surface area contributed by atoms with Crippen LogP contribution in [-0.4, -0.2) is 15.5 Å². The number of nitrogens with zero attached hydrogens (tertiary/aromatic N) is 1. The summed E-state index contributed by atoms with van der Waals surface area (Å²) in [6.45, 7) is 0.321. The van der Waals surface area contributed by atoms with E-state index >= 15 is 0 Å². The van der Waals surface area contributed by atoms with E-state index in [2.05, 4.69) is 0 Å². The summed E-state index contributed by atoms with van der Waals surface area (Å²) in [5.74, 6) is 0.628. The Kier molecular flexibility index (Phi) is 3.73. The van der Waals surface area contributed by atoms with E-state index in [1.807, 2.05) is 48.5 Å². The van der Waals surface area contributed by atoms with E-state index in [9.17, 15) is 8.42 Å². The van der Waals surface area contributed by atoms with Crippen molar-refractivity contribution in [3.05, 3.63) is 78.4 Å². The third-order valence-corrected chi connectivity index (χ3v) is 6.22. The minimum atomic E-state index is -3.67. The van der Waals surface area contributed by atoms with E-state index < -0.39 is 10.0 Å². The van der Waals surface area contributed by atoms with Gasteiger partial charge in [-0.2, -0.15) is 0 Å². The van der Waals surface area contributed by atoms with Crippen LogP contribution in [0.3, 0.4) is 0 Å². The molecule has 0 amide bonds. The van der Waals surface area contributed by atoms with Crippen LogP contribution in [0.2, 0.25) is 0 Å². The minimum Gasteiger partial charge on any atom is -0.497 e. The highest BCUT2D eigenvalue weighted by atomic mass is 32.2. The SMILES string of the molecule is COc1ccc(S(=O)(=O)N2Cc3ccccc3-c3ccccc32)cc1. The van der Waals surface area contributed by atoms with Gasteiger partial charge in [0, 0.05) is 5.56 Å². The summed E-state index contributed by atoms with van der Waals surface area (Å²) in [6.07, 6.45) is 0. The maximum absolute atomic E-state index is 13.2. The van der Waals surface area contributed by atoms with Crippen molar-refractivity contribution in [2.75, 3.05) is 11.4 Å². The number of sulfonamides is 1. The number of rotatable bonds is 3. The largest absolute Gasteiger partial charge is 0.497 e. The normalized spacial score (nSPS) is 13.1. The molecule has 3 aromatic rings. The predicted octanol–water partition coefficient (Wildman–Crippen LogP) is 4.07. The Morgan fingerprint density at radius 3 is 2.20 bits per heavy atom. The molecule has 1 aliphatic rings. The van der Waals surface area contributed by atoms with Crippen LogP contribution < -0.4 is 9.04 Å². The van der Waals surface area contributed by atoms with Gasteiger partial charge in [-0.15, -0.1) is 0 Å². The van der Waals surface area contributed by atoms with Crippen LogP contribution in [-0.2, 0) is 16.6 Å². The molecule has 0 bridgehead atoms. The van der Waals surface area contributed by atoms with Crippen molar-refractivity contribution in [3.63, 3.8) is 0 Å². The average molecular weight is 351 g/mol. The topological polar surface area (TPSA) is 46.6 Å². The van der Waals surface area contributed by atoms with Gasteiger partial charge in [-0.3, -0.25) is 4.31 Å². The van der Waals surface area contributed by atoms with Crippen molar-refractivity contribution in [1.29, 1.82) is 0 Å². The van der Waals surface area contributed by atoms with Crippen LogP contribution in [0.25, 0.3) is 11.1 Å². The summed E-state index contributed by atoms with van der Waals surface area (Å²) in [5.41, 5.74) is 3.72. The number of fused-ring (bicyclic) bond motifs is 3. The molecule has 0 fully saturated rings. The highest BCUT2D eigenvalue weighted by Gasteiger charge is 2.31. The zero-order chi connectivity index (χ0) is 17.4. The summed E-state index contributed by atoms with van der Waals surface area (Å²) >= 11 is 0. The second-order valence-electron chi connectivity index (χ2n) is 5.86. The monoisotopic (exact) mass is 351 g/mol. The Balaban J connectivity index is 1.85. The standard InChI is InChI=1S/C20H17NO3S/c1-24-16-10-12-17(13-11-16)25(22,23)21-14-15-6-2-3-7-18(15)19-8-4-5-9-20(19)21/h2-13H,14H2,1H3. The third kappa shape index (κ3) is 2.57. The maximum Gasteiger partial charge on any atom is 0.264 e. The van der Waals surface area contributed by atoms with Gasteiger partial charge in [0.05, 0.1) is 24.2 Å². The van der Waals surface area contributed by atoms with Crippen LogP contribution in [0.15, 0.2) is 77.7 Å². The predicted molar refractivity (Wildman–Crippen MR) is 98.2 cm³/mol. The number of benzene rings is 3. The first-order valence-corrected chi connectivity index (χ1v) is 9.39. The van der Waals surface area contributed by atoms with E-state index in [0.717, 1.165) is 16.7 Å². The molecule has 4 rings (SSSR count). The first kappa shape index (κ1) is 15.7. The van der Waals surface area contributed by atoms with Gasteiger partial charge in [0.15, 0.2) is 0 Å². The van der Waals surface area contributed by atoms with Gasteiger partial charge in [-0.1, -0.05) is 42.5 Å². The second-order valence-corrected chi connectivity index (χ2v) is 7.72. The van der Waals surface area contributed by atoms with Gasteiger partial charge in [-0.05, 0) is 41.5 Å². The van der Waals surface area contributed by atoms with Crippen LogP contribution >= 0.6 is 0 Å². The number of methoxy groups -OCH3 is 1. The average Bonchev–Trinajstić information content (AvgIpc) is 2.67. The van der Waals surface area contributed by atoms with E-state index in [1.54, 1.807) is 31.4 Å². The van der Waals surface area contributed by atoms with Crippen molar-refractivity contribution < 1.29 is 13.2 Å². The van der Waals surface area contributed by atoms with E-state index in [4.69, 9.17) is 4.74 Å². The van der Waals surface area contributed by atoms with Crippen LogP contribution in [0.1, 0.15) is 5.56 Å². The van der Waals surface area contributed by atoms with Crippen LogP contribution in [0, 0.1) is 0 Å². The molecule has 0 saturated carbocycles. The number of hydrogen-bond donors (Lipinski definition) is 0. The van der Waals surface area contributed by atoms with Crippen molar-refractivity contribution in [3.8, 4) is 16.9 Å². The number of ether oxygens (including phenoxy) is 1. The maximum atomic E-state index is 13.2. The van der Waals surface area contributed by atoms with Crippen molar-refractivity contribution >= 4 is 15.7 Å². The third-order valence-electron chi connectivity index (χ3n) is 4.44. The Bertz CT molecular complexity index is 1030. The van der Waals surface area contributed by atoms with E-state index in [-0.39, 0.29) is 4.90 Å². The fourth-order valence-electron chi connectivity index (χ4n) is 3.17. The zero-order valence-electron chi connectivity index (χ0n) is 13.7. The molecule has 1 heterocycles. The lowest BCUT2D eigenvalue weighted by Gasteiger charge is -2.32. The first-order chi connectivity index (χ1) is 12.1. The molecule has 0 aromatic heterocycles. The second kappa shape index (κ2) is 5.93. The molecule has 3 aromatic carbocycles. The molecule has 0 saturated heterocycles. The van der Waals surface area contributed by atoms with Gasteiger partial charge >= 0.3 is 0 Å². The fourth-order valence-corrected chi connectivity index (χ4v) is 4.63. The highest BCUT2D eigenvalue weighted by molar-refractivity contribution is 7.92. The van der Waals surface area contributed by atoms with Crippen LogP contribution in [0.4, 0.5) is 5.69 Å². The molecule has 0 spiro atoms. The van der Waals surface area contributed by atoms with Gasteiger partial charge in [0.1, 0.15) is 5.75 Å². The van der Waals surface area contributed by atoms with Gasteiger partial charge in [0.2, 0.25) is 0 Å². The molecule has 25 heavy (non-hydrogen) atoms. The van der Waals surface area contributed by atoms with Crippen molar-refractivity contribution in [2.45, 2.75) is 11.4 Å². The highest BCUT2D eigenvalue weighted by Crippen LogP contribution is 2.41. The Labute approximate surface area is 147 Å². The molecule has 0 radical (unpaired) electrons. The lowest BCUT2D eigenvalue weighted by Crippen LogP contribution is -2.33. The summed E-state index contributed by atoms with van der Waals surface area (Å²) in [7, 11) is -2.11. The summed E-state index contributed by atoms with van der Waals surface area (Å²) in [5, 5.41) is 0. The Hall–Kier alpha value is -2.79.